The molecule has 1 saturated heterocycles. The molecule has 4 nitrogen and oxygen atoms in total. The summed E-state index contributed by atoms with van der Waals surface area (Å²) in [5.41, 5.74) is 1.94. The van der Waals surface area contributed by atoms with Crippen LogP contribution in [0, 0.1) is 12.8 Å². The van der Waals surface area contributed by atoms with E-state index in [0.29, 0.717) is 6.54 Å². The second-order valence-corrected chi connectivity index (χ2v) is 5.11. The molecule has 102 valence electrons. The van der Waals surface area contributed by atoms with Crippen molar-refractivity contribution in [3.63, 3.8) is 0 Å². The lowest BCUT2D eigenvalue weighted by atomic mass is 9.99. The van der Waals surface area contributed by atoms with Gasteiger partial charge in [0.15, 0.2) is 0 Å². The van der Waals surface area contributed by atoms with Crippen molar-refractivity contribution in [1.82, 2.24) is 4.90 Å². The van der Waals surface area contributed by atoms with Crippen molar-refractivity contribution < 1.29 is 9.59 Å². The highest BCUT2D eigenvalue weighted by Gasteiger charge is 2.20. The lowest BCUT2D eigenvalue weighted by Crippen LogP contribution is -2.39. The van der Waals surface area contributed by atoms with E-state index < -0.39 is 0 Å². The minimum Gasteiger partial charge on any atom is -0.325 e. The van der Waals surface area contributed by atoms with Gasteiger partial charge in [0.2, 0.25) is 5.91 Å². The van der Waals surface area contributed by atoms with Crippen LogP contribution in [0.3, 0.4) is 0 Å². The topological polar surface area (TPSA) is 49.4 Å². The van der Waals surface area contributed by atoms with Crippen molar-refractivity contribution in [2.75, 3.05) is 25.0 Å². The molecule has 19 heavy (non-hydrogen) atoms. The summed E-state index contributed by atoms with van der Waals surface area (Å²) in [4.78, 5) is 24.7. The summed E-state index contributed by atoms with van der Waals surface area (Å²) < 4.78 is 0. The van der Waals surface area contributed by atoms with Gasteiger partial charge in [-0.1, -0.05) is 18.2 Å². The van der Waals surface area contributed by atoms with Gasteiger partial charge in [-0.25, -0.2) is 0 Å². The Labute approximate surface area is 113 Å². The first-order valence-electron chi connectivity index (χ1n) is 6.72. The van der Waals surface area contributed by atoms with E-state index in [4.69, 9.17) is 0 Å². The molecule has 1 aromatic rings. The zero-order valence-corrected chi connectivity index (χ0v) is 11.3. The quantitative estimate of drug-likeness (QED) is 0.840. The third-order valence-electron chi connectivity index (χ3n) is 3.61. The molecule has 1 N–H and O–H groups in total. The standard InChI is InChI=1S/C15H20N2O2/c1-12-4-2-3-5-14(12)16-15(19)10-17-8-6-13(11-18)7-9-17/h2-5,11,13H,6-10H2,1H3,(H,16,19). The van der Waals surface area contributed by atoms with E-state index in [1.165, 1.54) is 0 Å². The van der Waals surface area contributed by atoms with Crippen LogP contribution in [0.2, 0.25) is 0 Å². The molecule has 1 amide bonds. The van der Waals surface area contributed by atoms with Gasteiger partial charge in [-0.3, -0.25) is 9.69 Å². The monoisotopic (exact) mass is 260 g/mol. The molecule has 0 bridgehead atoms. The number of amides is 1. The van der Waals surface area contributed by atoms with Crippen LogP contribution in [0.5, 0.6) is 0 Å². The Kier molecular flexibility index (Phi) is 4.68. The third kappa shape index (κ3) is 3.89. The maximum atomic E-state index is 12.0. The number of anilines is 1. The molecule has 1 fully saturated rings. The van der Waals surface area contributed by atoms with Crippen molar-refractivity contribution in [2.45, 2.75) is 19.8 Å². The first-order chi connectivity index (χ1) is 9.19. The molecule has 0 atom stereocenters. The molecule has 0 unspecified atom stereocenters. The van der Waals surface area contributed by atoms with Crippen LogP contribution in [0.1, 0.15) is 18.4 Å². The number of likely N-dealkylation sites (tertiary alicyclic amines) is 1. The van der Waals surface area contributed by atoms with Crippen molar-refractivity contribution in [2.24, 2.45) is 5.92 Å². The van der Waals surface area contributed by atoms with Crippen LogP contribution in [0.4, 0.5) is 5.69 Å². The van der Waals surface area contributed by atoms with Gasteiger partial charge in [0, 0.05) is 11.6 Å². The largest absolute Gasteiger partial charge is 0.325 e. The maximum Gasteiger partial charge on any atom is 0.238 e. The molecular formula is C15H20N2O2. The fraction of sp³-hybridized carbons (Fsp3) is 0.467. The number of rotatable bonds is 4. The maximum absolute atomic E-state index is 12.0. The summed E-state index contributed by atoms with van der Waals surface area (Å²) in [7, 11) is 0. The van der Waals surface area contributed by atoms with Crippen molar-refractivity contribution in [3.05, 3.63) is 29.8 Å². The van der Waals surface area contributed by atoms with E-state index in [1.807, 2.05) is 31.2 Å². The van der Waals surface area contributed by atoms with Gasteiger partial charge in [-0.05, 0) is 44.5 Å². The average molecular weight is 260 g/mol. The van der Waals surface area contributed by atoms with Gasteiger partial charge in [-0.2, -0.15) is 0 Å². The fourth-order valence-corrected chi connectivity index (χ4v) is 2.35. The lowest BCUT2D eigenvalue weighted by molar-refractivity contribution is -0.117. The van der Waals surface area contributed by atoms with E-state index in [-0.39, 0.29) is 11.8 Å². The molecule has 4 heteroatoms. The fourth-order valence-electron chi connectivity index (χ4n) is 2.35. The van der Waals surface area contributed by atoms with Crippen LogP contribution in [-0.2, 0) is 9.59 Å². The van der Waals surface area contributed by atoms with Gasteiger partial charge in [-0.15, -0.1) is 0 Å². The summed E-state index contributed by atoms with van der Waals surface area (Å²) in [6.07, 6.45) is 2.76. The molecule has 2 rings (SSSR count). The predicted octanol–water partition coefficient (Wildman–Crippen LogP) is 1.84. The molecule has 0 radical (unpaired) electrons. The van der Waals surface area contributed by atoms with Gasteiger partial charge in [0.05, 0.1) is 6.54 Å². The summed E-state index contributed by atoms with van der Waals surface area (Å²) >= 11 is 0. The number of aryl methyl sites for hydroxylation is 1. The van der Waals surface area contributed by atoms with E-state index in [1.54, 1.807) is 0 Å². The van der Waals surface area contributed by atoms with Crippen LogP contribution in [-0.4, -0.2) is 36.7 Å². The van der Waals surface area contributed by atoms with Gasteiger partial charge in [0.1, 0.15) is 6.29 Å². The second-order valence-electron chi connectivity index (χ2n) is 5.11. The highest BCUT2D eigenvalue weighted by Crippen LogP contribution is 2.16. The lowest BCUT2D eigenvalue weighted by Gasteiger charge is -2.28. The van der Waals surface area contributed by atoms with E-state index in [0.717, 1.165) is 43.5 Å². The van der Waals surface area contributed by atoms with Crippen LogP contribution < -0.4 is 5.32 Å². The number of para-hydroxylation sites is 1. The van der Waals surface area contributed by atoms with Crippen LogP contribution in [0.25, 0.3) is 0 Å². The Morgan fingerprint density at radius 3 is 2.68 bits per heavy atom. The summed E-state index contributed by atoms with van der Waals surface area (Å²) in [5.74, 6) is 0.189. The number of piperidine rings is 1. The SMILES string of the molecule is Cc1ccccc1NC(=O)CN1CCC(C=O)CC1. The Morgan fingerprint density at radius 1 is 1.37 bits per heavy atom. The number of nitrogens with zero attached hydrogens (tertiary/aromatic N) is 1. The van der Waals surface area contributed by atoms with Crippen molar-refractivity contribution in [1.29, 1.82) is 0 Å². The third-order valence-corrected chi connectivity index (χ3v) is 3.61. The van der Waals surface area contributed by atoms with Gasteiger partial charge < -0.3 is 10.1 Å². The molecule has 1 aromatic carbocycles. The smallest absolute Gasteiger partial charge is 0.238 e. The average Bonchev–Trinajstić information content (AvgIpc) is 2.42. The van der Waals surface area contributed by atoms with Gasteiger partial charge in [0.25, 0.3) is 0 Å². The Balaban J connectivity index is 1.82. The summed E-state index contributed by atoms with van der Waals surface area (Å²) in [6.45, 7) is 4.03. The first-order valence-corrected chi connectivity index (χ1v) is 6.72. The molecule has 0 aromatic heterocycles. The Morgan fingerprint density at radius 2 is 2.05 bits per heavy atom. The summed E-state index contributed by atoms with van der Waals surface area (Å²) in [6, 6.07) is 7.75. The zero-order chi connectivity index (χ0) is 13.7. The highest BCUT2D eigenvalue weighted by molar-refractivity contribution is 5.92. The molecule has 0 aliphatic carbocycles. The molecule has 1 aliphatic rings. The van der Waals surface area contributed by atoms with Crippen molar-refractivity contribution >= 4 is 17.9 Å². The van der Waals surface area contributed by atoms with E-state index >= 15 is 0 Å². The van der Waals surface area contributed by atoms with Crippen LogP contribution in [0.15, 0.2) is 24.3 Å². The highest BCUT2D eigenvalue weighted by atomic mass is 16.2. The minimum atomic E-state index is 0.0128. The van der Waals surface area contributed by atoms with E-state index in [9.17, 15) is 9.59 Å². The number of carbonyl (C=O) groups excluding carboxylic acids is 2. The van der Waals surface area contributed by atoms with Crippen LogP contribution >= 0.6 is 0 Å². The molecular weight excluding hydrogens is 240 g/mol. The number of carbonyl (C=O) groups is 2. The van der Waals surface area contributed by atoms with Crippen molar-refractivity contribution in [3.8, 4) is 0 Å². The zero-order valence-electron chi connectivity index (χ0n) is 11.3. The predicted molar refractivity (Wildman–Crippen MR) is 75.0 cm³/mol. The number of nitrogens with one attached hydrogen (secondary N) is 1. The summed E-state index contributed by atoms with van der Waals surface area (Å²) in [5, 5.41) is 2.93. The number of aldehydes is 1. The molecule has 1 heterocycles. The number of hydrogen-bond acceptors (Lipinski definition) is 3. The normalized spacial score (nSPS) is 17.1. The first kappa shape index (κ1) is 13.7. The number of benzene rings is 1. The minimum absolute atomic E-state index is 0.0128. The number of hydrogen-bond donors (Lipinski definition) is 1. The van der Waals surface area contributed by atoms with Gasteiger partial charge >= 0.3 is 0 Å². The molecule has 0 saturated carbocycles. The van der Waals surface area contributed by atoms with E-state index in [2.05, 4.69) is 10.2 Å². The second kappa shape index (κ2) is 6.48. The Hall–Kier alpha value is -1.68. The molecule has 1 aliphatic heterocycles. The molecule has 0 spiro atoms. The Bertz CT molecular complexity index is 451.